The van der Waals surface area contributed by atoms with Crippen LogP contribution in [0.15, 0.2) is 60.7 Å². The third-order valence-corrected chi connectivity index (χ3v) is 9.65. The predicted octanol–water partition coefficient (Wildman–Crippen LogP) is 6.34. The van der Waals surface area contributed by atoms with Crippen molar-refractivity contribution in [2.24, 2.45) is 17.8 Å². The van der Waals surface area contributed by atoms with Crippen LogP contribution in [0.5, 0.6) is 0 Å². The highest BCUT2D eigenvalue weighted by Gasteiger charge is 2.43. The highest BCUT2D eigenvalue weighted by Crippen LogP contribution is 2.60. The number of benzene rings is 2. The zero-order valence-electron chi connectivity index (χ0n) is 15.8. The van der Waals surface area contributed by atoms with Gasteiger partial charge < -0.3 is 4.57 Å². The molecule has 1 saturated carbocycles. The van der Waals surface area contributed by atoms with Crippen LogP contribution in [0, 0.1) is 17.8 Å². The fraction of sp³-hybridized carbons (Fsp3) is 0.478. The molecule has 25 heavy (non-hydrogen) atoms. The Morgan fingerprint density at radius 3 is 2.16 bits per heavy atom. The molecule has 1 fully saturated rings. The lowest BCUT2D eigenvalue weighted by Gasteiger charge is -2.42. The molecule has 0 amide bonds. The Labute approximate surface area is 153 Å². The van der Waals surface area contributed by atoms with Crippen molar-refractivity contribution in [2.45, 2.75) is 51.9 Å². The molecule has 0 bridgehead atoms. The highest BCUT2D eigenvalue weighted by atomic mass is 31.2. The zero-order chi connectivity index (χ0) is 17.9. The first-order valence-electron chi connectivity index (χ1n) is 9.69. The van der Waals surface area contributed by atoms with Gasteiger partial charge in [-0.15, -0.1) is 0 Å². The first-order valence-corrected chi connectivity index (χ1v) is 11.6. The Hall–Kier alpha value is -1.33. The molecule has 1 aliphatic rings. The summed E-state index contributed by atoms with van der Waals surface area (Å²) < 4.78 is 14.6. The number of hydrogen-bond donors (Lipinski definition) is 0. The largest absolute Gasteiger partial charge is 0.318 e. The van der Waals surface area contributed by atoms with E-state index >= 15 is 0 Å². The molecule has 2 aromatic rings. The van der Waals surface area contributed by atoms with Crippen LogP contribution >= 0.6 is 7.14 Å². The maximum absolute atomic E-state index is 14.6. The average molecular weight is 354 g/mol. The molecule has 0 aromatic heterocycles. The Morgan fingerprint density at radius 1 is 0.960 bits per heavy atom. The summed E-state index contributed by atoms with van der Waals surface area (Å²) in [5, 5.41) is 1.07. The summed E-state index contributed by atoms with van der Waals surface area (Å²) >= 11 is 0. The van der Waals surface area contributed by atoms with Gasteiger partial charge in [0.2, 0.25) is 0 Å². The maximum Gasteiger partial charge on any atom is 0.123 e. The standard InChI is InChI=1S/C23H31OP/c1-18(2)22-15-14-19(3)16-23(22)25(24,21-12-8-5-9-13-21)17-20-10-6-4-7-11-20/h4-13,18-19,22-23H,14-17H2,1-3H3. The molecule has 0 N–H and O–H groups in total. The van der Waals surface area contributed by atoms with E-state index in [1.165, 1.54) is 18.4 Å². The van der Waals surface area contributed by atoms with Crippen LogP contribution in [-0.2, 0) is 10.7 Å². The number of hydrogen-bond acceptors (Lipinski definition) is 1. The van der Waals surface area contributed by atoms with E-state index in [0.29, 0.717) is 29.6 Å². The normalized spacial score (nSPS) is 26.3. The molecule has 1 aliphatic carbocycles. The van der Waals surface area contributed by atoms with E-state index in [1.54, 1.807) is 0 Å². The smallest absolute Gasteiger partial charge is 0.123 e. The Kier molecular flexibility index (Phi) is 5.85. The van der Waals surface area contributed by atoms with E-state index in [-0.39, 0.29) is 0 Å². The third-order valence-electron chi connectivity index (χ3n) is 5.98. The lowest BCUT2D eigenvalue weighted by molar-refractivity contribution is 0.236. The van der Waals surface area contributed by atoms with Crippen LogP contribution in [0.1, 0.15) is 45.6 Å². The van der Waals surface area contributed by atoms with Crippen LogP contribution in [0.25, 0.3) is 0 Å². The van der Waals surface area contributed by atoms with Crippen LogP contribution in [0.4, 0.5) is 0 Å². The topological polar surface area (TPSA) is 17.1 Å². The fourth-order valence-electron chi connectivity index (χ4n) is 4.57. The van der Waals surface area contributed by atoms with E-state index < -0.39 is 7.14 Å². The van der Waals surface area contributed by atoms with Gasteiger partial charge in [0.05, 0.1) is 0 Å². The van der Waals surface area contributed by atoms with E-state index in [2.05, 4.69) is 57.2 Å². The van der Waals surface area contributed by atoms with Gasteiger partial charge >= 0.3 is 0 Å². The Balaban J connectivity index is 2.05. The van der Waals surface area contributed by atoms with Gasteiger partial charge in [0.15, 0.2) is 0 Å². The Bertz CT molecular complexity index is 707. The molecule has 0 radical (unpaired) electrons. The van der Waals surface area contributed by atoms with Gasteiger partial charge in [-0.3, -0.25) is 0 Å². The minimum Gasteiger partial charge on any atom is -0.318 e. The van der Waals surface area contributed by atoms with Gasteiger partial charge in [-0.1, -0.05) is 87.9 Å². The molecule has 0 saturated heterocycles. The van der Waals surface area contributed by atoms with Crippen molar-refractivity contribution in [2.75, 3.05) is 0 Å². The van der Waals surface area contributed by atoms with E-state index in [1.807, 2.05) is 24.3 Å². The minimum atomic E-state index is -2.52. The SMILES string of the molecule is CC1CCC(C(C)C)C(P(=O)(Cc2ccccc2)c2ccccc2)C1. The van der Waals surface area contributed by atoms with Gasteiger partial charge in [0.25, 0.3) is 0 Å². The quantitative estimate of drug-likeness (QED) is 0.573. The molecular formula is C23H31OP. The molecule has 2 aromatic carbocycles. The summed E-state index contributed by atoms with van der Waals surface area (Å²) in [6.07, 6.45) is 4.29. The van der Waals surface area contributed by atoms with Crippen molar-refractivity contribution in [1.82, 2.24) is 0 Å². The molecular weight excluding hydrogens is 323 g/mol. The molecule has 3 rings (SSSR count). The predicted molar refractivity (Wildman–Crippen MR) is 109 cm³/mol. The van der Waals surface area contributed by atoms with Crippen molar-refractivity contribution in [3.63, 3.8) is 0 Å². The monoisotopic (exact) mass is 354 g/mol. The molecule has 0 aliphatic heterocycles. The van der Waals surface area contributed by atoms with Crippen molar-refractivity contribution >= 4 is 12.4 Å². The molecule has 4 unspecified atom stereocenters. The van der Waals surface area contributed by atoms with E-state index in [4.69, 9.17) is 0 Å². The second-order valence-electron chi connectivity index (χ2n) is 8.17. The third kappa shape index (κ3) is 4.09. The number of rotatable bonds is 5. The molecule has 4 atom stereocenters. The van der Waals surface area contributed by atoms with Crippen LogP contribution < -0.4 is 5.30 Å². The van der Waals surface area contributed by atoms with E-state index in [0.717, 1.165) is 11.7 Å². The van der Waals surface area contributed by atoms with Gasteiger partial charge in [0, 0.05) is 17.1 Å². The highest BCUT2D eigenvalue weighted by molar-refractivity contribution is 7.71. The van der Waals surface area contributed by atoms with Gasteiger partial charge in [-0.05, 0) is 36.2 Å². The second kappa shape index (κ2) is 7.92. The summed E-state index contributed by atoms with van der Waals surface area (Å²) in [5.74, 6) is 1.82. The first-order chi connectivity index (χ1) is 12.0. The lowest BCUT2D eigenvalue weighted by atomic mass is 9.77. The maximum atomic E-state index is 14.6. The fourth-order valence-corrected chi connectivity index (χ4v) is 8.61. The molecule has 1 nitrogen and oxygen atoms in total. The van der Waals surface area contributed by atoms with Gasteiger partial charge in [-0.2, -0.15) is 0 Å². The summed E-state index contributed by atoms with van der Waals surface area (Å²) in [6.45, 7) is 6.96. The van der Waals surface area contributed by atoms with Crippen molar-refractivity contribution in [3.8, 4) is 0 Å². The van der Waals surface area contributed by atoms with Crippen LogP contribution in [0.3, 0.4) is 0 Å². The molecule has 0 heterocycles. The molecule has 2 heteroatoms. The molecule has 0 spiro atoms. The van der Waals surface area contributed by atoms with Crippen molar-refractivity contribution < 1.29 is 4.57 Å². The first kappa shape index (κ1) is 18.5. The van der Waals surface area contributed by atoms with Crippen molar-refractivity contribution in [3.05, 3.63) is 66.2 Å². The summed E-state index contributed by atoms with van der Waals surface area (Å²) in [7, 11) is -2.52. The molecule has 134 valence electrons. The Morgan fingerprint density at radius 2 is 1.56 bits per heavy atom. The zero-order valence-corrected chi connectivity index (χ0v) is 16.7. The lowest BCUT2D eigenvalue weighted by Crippen LogP contribution is -2.35. The minimum absolute atomic E-state index is 0.304. The van der Waals surface area contributed by atoms with E-state index in [9.17, 15) is 4.57 Å². The van der Waals surface area contributed by atoms with Crippen LogP contribution in [0.2, 0.25) is 0 Å². The van der Waals surface area contributed by atoms with Gasteiger partial charge in [0.1, 0.15) is 7.14 Å². The summed E-state index contributed by atoms with van der Waals surface area (Å²) in [4.78, 5) is 0. The van der Waals surface area contributed by atoms with Crippen LogP contribution in [-0.4, -0.2) is 5.66 Å². The summed E-state index contributed by atoms with van der Waals surface area (Å²) in [6, 6.07) is 20.7. The van der Waals surface area contributed by atoms with Crippen molar-refractivity contribution in [1.29, 1.82) is 0 Å². The van der Waals surface area contributed by atoms with Gasteiger partial charge in [-0.25, -0.2) is 0 Å². The average Bonchev–Trinajstić information content (AvgIpc) is 2.63. The second-order valence-corrected chi connectivity index (χ2v) is 11.3. The summed E-state index contributed by atoms with van der Waals surface area (Å²) in [5.41, 5.74) is 1.51.